The van der Waals surface area contributed by atoms with Gasteiger partial charge in [-0.25, -0.2) is 0 Å². The fourth-order valence-electron chi connectivity index (χ4n) is 0. The van der Waals surface area contributed by atoms with Crippen LogP contribution in [0, 0.1) is 0 Å². The first-order chi connectivity index (χ1) is 1.73. The molecule has 0 amide bonds. The fourth-order valence-corrected chi connectivity index (χ4v) is 0. The van der Waals surface area contributed by atoms with Gasteiger partial charge in [-0.1, -0.05) is 0 Å². The summed E-state index contributed by atoms with van der Waals surface area (Å²) in [4.78, 5) is 9.00. The van der Waals surface area contributed by atoms with E-state index in [1.54, 1.807) is 0 Å². The van der Waals surface area contributed by atoms with Crippen molar-refractivity contribution in [1.82, 2.24) is 0 Å². The Morgan fingerprint density at radius 3 is 1.83 bits per heavy atom. The number of carboxylic acid groups (broad SMARTS) is 1. The molecule has 2 nitrogen and oxygen atoms in total. The van der Waals surface area contributed by atoms with Gasteiger partial charge in [0.25, 0.3) is 5.97 Å². The fraction of sp³-hybridized carbons (Fsp3) is 0.500. The van der Waals surface area contributed by atoms with Crippen LogP contribution in [0.3, 0.4) is 0 Å². The van der Waals surface area contributed by atoms with Crippen molar-refractivity contribution in [2.75, 3.05) is 0 Å². The van der Waals surface area contributed by atoms with Gasteiger partial charge in [0, 0.05) is 6.92 Å². The molecule has 0 radical (unpaired) electrons. The molecular weight excluding hydrogens is 281 g/mol. The van der Waals surface area contributed by atoms with Crippen LogP contribution in [0.2, 0.25) is 0 Å². The van der Waals surface area contributed by atoms with Gasteiger partial charge in [0.2, 0.25) is 0 Å². The van der Waals surface area contributed by atoms with Crippen LogP contribution in [0.5, 0.6) is 0 Å². The molecule has 32 valence electrons. The summed E-state index contributed by atoms with van der Waals surface area (Å²) < 4.78 is 0. The first kappa shape index (κ1) is 15.8. The molecule has 0 aromatic carbocycles. The second-order valence-electron chi connectivity index (χ2n) is 0.519. The predicted molar refractivity (Wildman–Crippen MR) is 29.3 cm³/mol. The van der Waals surface area contributed by atoms with Gasteiger partial charge in [0.15, 0.2) is 0 Å². The molecule has 0 heterocycles. The van der Waals surface area contributed by atoms with Crippen molar-refractivity contribution < 1.29 is 15.6 Å². The average molecular weight is 289 g/mol. The van der Waals surface area contributed by atoms with E-state index in [9.17, 15) is 0 Å². The van der Waals surface area contributed by atoms with Crippen LogP contribution in [-0.2, 0) is 4.79 Å². The summed E-state index contributed by atoms with van der Waals surface area (Å²) in [6, 6.07) is 0. The maximum absolute atomic E-state index is 9.00. The van der Waals surface area contributed by atoms with Crippen molar-refractivity contribution in [3.05, 3.63) is 0 Å². The van der Waals surface area contributed by atoms with E-state index in [2.05, 4.69) is 0 Å². The normalized spacial score (nSPS) is 4.17. The van der Waals surface area contributed by atoms with Gasteiger partial charge < -0.3 is 10.8 Å². The smallest absolute Gasteiger partial charge is 1.00 e. The SMILES string of the molecule is CC(=O)O.[Ba+2].[H-].[H-].[H-].[H-].[Sr+2]. The summed E-state index contributed by atoms with van der Waals surface area (Å²) in [6.45, 7) is 1.08. The molecule has 0 saturated heterocycles. The zero-order valence-electron chi connectivity index (χ0n) is 7.77. The third kappa shape index (κ3) is 31.3. The largest absolute Gasteiger partial charge is 2.00 e. The second-order valence-corrected chi connectivity index (χ2v) is 0.519. The van der Waals surface area contributed by atoms with Crippen LogP contribution in [0.4, 0.5) is 0 Å². The summed E-state index contributed by atoms with van der Waals surface area (Å²) in [6.07, 6.45) is 0. The Balaban J connectivity index is -0.00000000300. The van der Waals surface area contributed by atoms with Crippen molar-refractivity contribution in [2.45, 2.75) is 6.92 Å². The maximum Gasteiger partial charge on any atom is 2.00 e. The van der Waals surface area contributed by atoms with Crippen molar-refractivity contribution in [3.63, 3.8) is 0 Å². The third-order valence-electron chi connectivity index (χ3n) is 0. The Kier molecular flexibility index (Phi) is 27.7. The molecule has 6 heavy (non-hydrogen) atoms. The summed E-state index contributed by atoms with van der Waals surface area (Å²) in [5.41, 5.74) is 0. The van der Waals surface area contributed by atoms with Crippen molar-refractivity contribution in [1.29, 1.82) is 0 Å². The Labute approximate surface area is 120 Å². The second kappa shape index (κ2) is 10.5. The van der Waals surface area contributed by atoms with Crippen LogP contribution in [0.1, 0.15) is 12.6 Å². The molecule has 0 aliphatic carbocycles. The van der Waals surface area contributed by atoms with E-state index in [4.69, 9.17) is 9.90 Å². The van der Waals surface area contributed by atoms with Gasteiger partial charge in [-0.2, -0.15) is 0 Å². The molecular formula is C2H8BaO2Sr. The van der Waals surface area contributed by atoms with Gasteiger partial charge in [-0.3, -0.25) is 4.79 Å². The number of aliphatic carboxylic acids is 1. The predicted octanol–water partition coefficient (Wildman–Crippen LogP) is -0.221. The Hall–Kier alpha value is 2.52. The maximum atomic E-state index is 9.00. The minimum absolute atomic E-state index is 0. The summed E-state index contributed by atoms with van der Waals surface area (Å²) >= 11 is 0. The van der Waals surface area contributed by atoms with Gasteiger partial charge in [0.1, 0.15) is 0 Å². The quantitative estimate of drug-likeness (QED) is 0.626. The number of carbonyl (C=O) groups is 1. The first-order valence-corrected chi connectivity index (χ1v) is 0.928. The van der Waals surface area contributed by atoms with E-state index in [0.29, 0.717) is 0 Å². The number of rotatable bonds is 0. The van der Waals surface area contributed by atoms with Gasteiger partial charge in [0.05, 0.1) is 0 Å². The van der Waals surface area contributed by atoms with E-state index in [0.717, 1.165) is 6.92 Å². The topological polar surface area (TPSA) is 37.3 Å². The molecule has 0 atom stereocenters. The molecule has 0 fully saturated rings. The van der Waals surface area contributed by atoms with E-state index >= 15 is 0 Å². The minimum atomic E-state index is -0.833. The van der Waals surface area contributed by atoms with Gasteiger partial charge in [-0.15, -0.1) is 0 Å². The monoisotopic (exact) mass is 290 g/mol. The molecule has 0 unspecified atom stereocenters. The molecule has 0 rings (SSSR count). The first-order valence-electron chi connectivity index (χ1n) is 0.928. The average Bonchev–Trinajstić information content (AvgIpc) is 0.811. The van der Waals surface area contributed by atoms with Crippen molar-refractivity contribution in [2.24, 2.45) is 0 Å². The van der Waals surface area contributed by atoms with E-state index in [1.165, 1.54) is 0 Å². The molecule has 0 spiro atoms. The third-order valence-corrected chi connectivity index (χ3v) is 0. The van der Waals surface area contributed by atoms with E-state index in [1.807, 2.05) is 0 Å². The zero-order chi connectivity index (χ0) is 3.58. The zero-order valence-corrected chi connectivity index (χ0v) is 11.7. The summed E-state index contributed by atoms with van der Waals surface area (Å²) in [5.74, 6) is -0.833. The van der Waals surface area contributed by atoms with Gasteiger partial charge in [-0.05, 0) is 0 Å². The van der Waals surface area contributed by atoms with Crippen LogP contribution >= 0.6 is 0 Å². The van der Waals surface area contributed by atoms with E-state index in [-0.39, 0.29) is 100 Å². The minimum Gasteiger partial charge on any atom is -1.00 e. The van der Waals surface area contributed by atoms with Crippen LogP contribution < -0.4 is 0 Å². The molecule has 0 aromatic rings. The number of hydrogen-bond donors (Lipinski definition) is 1. The molecule has 0 bridgehead atoms. The molecule has 0 aromatic heterocycles. The van der Waals surface area contributed by atoms with Crippen molar-refractivity contribution >= 4 is 100 Å². The van der Waals surface area contributed by atoms with Gasteiger partial charge >= 0.3 is 94.4 Å². The molecule has 4 heteroatoms. The van der Waals surface area contributed by atoms with Crippen LogP contribution in [0.25, 0.3) is 0 Å². The summed E-state index contributed by atoms with van der Waals surface area (Å²) in [7, 11) is 0. The van der Waals surface area contributed by atoms with Crippen LogP contribution in [0.15, 0.2) is 0 Å². The molecule has 0 aliphatic rings. The molecule has 1 N–H and O–H groups in total. The summed E-state index contributed by atoms with van der Waals surface area (Å²) in [5, 5.41) is 7.42. The molecule has 0 aliphatic heterocycles. The van der Waals surface area contributed by atoms with Crippen LogP contribution in [-0.4, -0.2) is 105 Å². The Morgan fingerprint density at radius 2 is 1.83 bits per heavy atom. The molecule has 0 saturated carbocycles. The standard InChI is InChI=1S/C2H4O2.Ba.Sr.4H/c1-2(3)4;;;;;;/h1H3,(H,3,4);;;;;;/q;2*+2;4*-1. The Morgan fingerprint density at radius 1 is 1.83 bits per heavy atom. The van der Waals surface area contributed by atoms with Crippen molar-refractivity contribution in [3.8, 4) is 0 Å². The number of carboxylic acids is 1. The Bertz CT molecular complexity index is 44.2. The van der Waals surface area contributed by atoms with E-state index < -0.39 is 5.97 Å². The number of hydrogen-bond acceptors (Lipinski definition) is 1.